The molecule has 6 rings (SSSR count). The summed E-state index contributed by atoms with van der Waals surface area (Å²) >= 11 is 0. The molecule has 0 atom stereocenters. The number of hydrogen-bond donors (Lipinski definition) is 1. The molecule has 0 aliphatic carbocycles. The minimum atomic E-state index is -0.999. The molecule has 0 spiro atoms. The average Bonchev–Trinajstić information content (AvgIpc) is 3.74. The first kappa shape index (κ1) is 45.6. The smallest absolute Gasteiger partial charge is 0.346 e. The van der Waals surface area contributed by atoms with E-state index in [-0.39, 0.29) is 63.0 Å². The van der Waals surface area contributed by atoms with Crippen LogP contribution in [0.3, 0.4) is 0 Å². The van der Waals surface area contributed by atoms with Crippen molar-refractivity contribution >= 4 is 47.7 Å². The second kappa shape index (κ2) is 22.2. The van der Waals surface area contributed by atoms with Crippen molar-refractivity contribution in [1.29, 1.82) is 0 Å². The Bertz CT molecular complexity index is 2380. The fourth-order valence-corrected chi connectivity index (χ4v) is 7.17. The van der Waals surface area contributed by atoms with E-state index in [0.717, 1.165) is 37.5 Å². The normalized spacial score (nSPS) is 12.6. The Labute approximate surface area is 364 Å². The lowest BCUT2D eigenvalue weighted by molar-refractivity contribution is 0.0425. The van der Waals surface area contributed by atoms with Crippen molar-refractivity contribution in [3.63, 3.8) is 0 Å². The number of hydrogen-bond acceptors (Lipinski definition) is 13. The van der Waals surface area contributed by atoms with Gasteiger partial charge in [-0.05, 0) is 78.7 Å². The van der Waals surface area contributed by atoms with Crippen LogP contribution in [0.2, 0.25) is 0 Å². The molecule has 14 nitrogen and oxygen atoms in total. The number of benzene rings is 4. The highest BCUT2D eigenvalue weighted by molar-refractivity contribution is 6.16. The Morgan fingerprint density at radius 3 is 1.51 bits per heavy atom. The maximum Gasteiger partial charge on any atom is 0.346 e. The van der Waals surface area contributed by atoms with Crippen LogP contribution < -0.4 is 14.8 Å². The van der Waals surface area contributed by atoms with Gasteiger partial charge < -0.3 is 29.0 Å². The monoisotopic (exact) mass is 859 g/mol. The first-order valence-corrected chi connectivity index (χ1v) is 21.5. The Morgan fingerprint density at radius 2 is 0.968 bits per heavy atom. The number of carbonyl (C=O) groups is 8. The van der Waals surface area contributed by atoms with Gasteiger partial charge in [0.05, 0.1) is 33.4 Å². The van der Waals surface area contributed by atoms with Crippen molar-refractivity contribution in [2.45, 2.75) is 103 Å². The lowest BCUT2D eigenvalue weighted by atomic mass is 10.0. The zero-order valence-corrected chi connectivity index (χ0v) is 35.1. The van der Waals surface area contributed by atoms with Gasteiger partial charge in [-0.15, -0.1) is 0 Å². The largest absolute Gasteiger partial charge is 0.457 e. The highest BCUT2D eigenvalue weighted by Gasteiger charge is 2.32. The molecule has 0 bridgehead atoms. The predicted octanol–water partition coefficient (Wildman–Crippen LogP) is 9.31. The van der Waals surface area contributed by atoms with Crippen LogP contribution in [-0.2, 0) is 20.8 Å². The molecule has 63 heavy (non-hydrogen) atoms. The summed E-state index contributed by atoms with van der Waals surface area (Å²) in [5.41, 5.74) is 0.158. The average molecular weight is 860 g/mol. The van der Waals surface area contributed by atoms with Crippen LogP contribution in [0, 0.1) is 0 Å². The fraction of sp³-hybridized carbons (Fsp3) is 0.347. The molecule has 0 unspecified atom stereocenters. The first-order chi connectivity index (χ1) is 30.5. The highest BCUT2D eigenvalue weighted by atomic mass is 16.6. The number of unbranched alkanes of at least 4 members (excludes halogenated alkanes) is 13. The van der Waals surface area contributed by atoms with Crippen LogP contribution in [0.4, 0.5) is 0 Å². The van der Waals surface area contributed by atoms with Crippen LogP contribution in [0.15, 0.2) is 78.9 Å². The van der Waals surface area contributed by atoms with E-state index in [1.54, 1.807) is 24.3 Å². The quantitative estimate of drug-likeness (QED) is 0.0244. The van der Waals surface area contributed by atoms with E-state index >= 15 is 0 Å². The third-order valence-electron chi connectivity index (χ3n) is 10.7. The highest BCUT2D eigenvalue weighted by Crippen LogP contribution is 2.29. The fourth-order valence-electron chi connectivity index (χ4n) is 7.17. The molecule has 328 valence electrons. The first-order valence-electron chi connectivity index (χ1n) is 21.5. The van der Waals surface area contributed by atoms with E-state index in [2.05, 4.69) is 21.7 Å². The summed E-state index contributed by atoms with van der Waals surface area (Å²) in [6, 6.07) is 17.3. The third kappa shape index (κ3) is 12.3. The summed E-state index contributed by atoms with van der Waals surface area (Å²) in [5, 5.41) is 2.95. The van der Waals surface area contributed by atoms with Gasteiger partial charge in [0, 0.05) is 12.1 Å². The van der Waals surface area contributed by atoms with Crippen molar-refractivity contribution < 1.29 is 62.0 Å². The second-order valence-electron chi connectivity index (χ2n) is 15.4. The molecule has 4 aromatic rings. The molecule has 1 N–H and O–H groups in total. The van der Waals surface area contributed by atoms with Gasteiger partial charge in [-0.3, -0.25) is 4.79 Å². The molecule has 2 heterocycles. The molecule has 2 aliphatic rings. The van der Waals surface area contributed by atoms with Crippen LogP contribution in [-0.4, -0.2) is 54.2 Å². The molecule has 0 saturated carbocycles. The standard InChI is InChI=1S/C49H49NO13/c1-2-3-4-5-6-7-8-9-10-11-12-13-14-15-26-50-42(51)32-18-16-31(17-19-32)30-59-45(54)40-29-35(60-43(52)33-20-23-36-38(27-33)48(57)62-46(36)55)22-25-41(40)61-44(53)34-21-24-37-39(28-34)49(58)63-47(37)56/h16-25,27-29H,2-15,26,30H2,1H3,(H,50,51). The number of rotatable bonds is 23. The SMILES string of the molecule is CCCCCCCCCCCCCCCCNC(=O)c1ccc(COC(=O)c2cc(OC(=O)c3ccc4c(c3)C(=O)OC4=O)ccc2OC(=O)c2ccc3c(c2)C(=O)OC3=O)cc1. The molecule has 14 heteroatoms. The number of fused-ring (bicyclic) bond motifs is 2. The molecule has 0 saturated heterocycles. The van der Waals surface area contributed by atoms with Gasteiger partial charge in [0.1, 0.15) is 23.7 Å². The Kier molecular flexibility index (Phi) is 16.1. The number of cyclic esters (lactones) is 4. The molecule has 1 amide bonds. The Balaban J connectivity index is 1.02. The zero-order valence-electron chi connectivity index (χ0n) is 35.1. The van der Waals surface area contributed by atoms with E-state index in [1.165, 1.54) is 107 Å². The third-order valence-corrected chi connectivity index (χ3v) is 10.7. The van der Waals surface area contributed by atoms with Gasteiger partial charge in [-0.2, -0.15) is 0 Å². The number of carbonyl (C=O) groups excluding carboxylic acids is 8. The molecular formula is C49H49NO13. The van der Waals surface area contributed by atoms with Crippen LogP contribution in [0.1, 0.15) is 185 Å². The molecule has 4 aromatic carbocycles. The van der Waals surface area contributed by atoms with E-state index in [1.807, 2.05) is 0 Å². The van der Waals surface area contributed by atoms with Gasteiger partial charge >= 0.3 is 41.8 Å². The second-order valence-corrected chi connectivity index (χ2v) is 15.4. The maximum absolute atomic E-state index is 13.6. The summed E-state index contributed by atoms with van der Waals surface area (Å²) in [6.45, 7) is 2.56. The zero-order chi connectivity index (χ0) is 44.7. The van der Waals surface area contributed by atoms with E-state index in [9.17, 15) is 38.4 Å². The molecular weight excluding hydrogens is 811 g/mol. The summed E-state index contributed by atoms with van der Waals surface area (Å²) in [5.74, 6) is -7.16. The summed E-state index contributed by atoms with van der Waals surface area (Å²) in [7, 11) is 0. The number of amides is 1. The van der Waals surface area contributed by atoms with Crippen LogP contribution in [0.25, 0.3) is 0 Å². The summed E-state index contributed by atoms with van der Waals surface area (Å²) in [6.07, 6.45) is 17.6. The van der Waals surface area contributed by atoms with Crippen molar-refractivity contribution in [1.82, 2.24) is 5.32 Å². The minimum absolute atomic E-state index is 0.00655. The van der Waals surface area contributed by atoms with Crippen LogP contribution in [0.5, 0.6) is 11.5 Å². The topological polar surface area (TPSA) is 195 Å². The van der Waals surface area contributed by atoms with Gasteiger partial charge in [0.2, 0.25) is 0 Å². The maximum atomic E-state index is 13.6. The number of esters is 7. The van der Waals surface area contributed by atoms with Crippen molar-refractivity contribution in [3.8, 4) is 11.5 Å². The number of ether oxygens (including phenoxy) is 5. The van der Waals surface area contributed by atoms with Gasteiger partial charge in [-0.25, -0.2) is 33.6 Å². The predicted molar refractivity (Wildman–Crippen MR) is 227 cm³/mol. The lowest BCUT2D eigenvalue weighted by Crippen LogP contribution is -2.24. The van der Waals surface area contributed by atoms with Gasteiger partial charge in [0.15, 0.2) is 0 Å². The minimum Gasteiger partial charge on any atom is -0.457 e. The van der Waals surface area contributed by atoms with Crippen molar-refractivity contribution in [2.75, 3.05) is 6.54 Å². The molecule has 0 aromatic heterocycles. The van der Waals surface area contributed by atoms with Crippen LogP contribution >= 0.6 is 0 Å². The number of nitrogens with one attached hydrogen (secondary N) is 1. The summed E-state index contributed by atoms with van der Waals surface area (Å²) in [4.78, 5) is 101. The van der Waals surface area contributed by atoms with E-state index < -0.39 is 41.8 Å². The van der Waals surface area contributed by atoms with Crippen molar-refractivity contribution in [2.24, 2.45) is 0 Å². The molecule has 0 fully saturated rings. The van der Waals surface area contributed by atoms with E-state index in [0.29, 0.717) is 17.7 Å². The summed E-state index contributed by atoms with van der Waals surface area (Å²) < 4.78 is 25.7. The Hall–Kier alpha value is -6.96. The van der Waals surface area contributed by atoms with Gasteiger partial charge in [0.25, 0.3) is 5.91 Å². The van der Waals surface area contributed by atoms with Gasteiger partial charge in [-0.1, -0.05) is 103 Å². The lowest BCUT2D eigenvalue weighted by Gasteiger charge is -2.13. The van der Waals surface area contributed by atoms with E-state index in [4.69, 9.17) is 14.2 Å². The molecule has 2 aliphatic heterocycles. The Morgan fingerprint density at radius 1 is 0.492 bits per heavy atom. The molecule has 0 radical (unpaired) electrons. The van der Waals surface area contributed by atoms with Crippen molar-refractivity contribution in [3.05, 3.63) is 129 Å².